The van der Waals surface area contributed by atoms with Crippen LogP contribution in [-0.2, 0) is 0 Å². The summed E-state index contributed by atoms with van der Waals surface area (Å²) >= 11 is 0. The first-order valence-electron chi connectivity index (χ1n) is 16.5. The zero-order chi connectivity index (χ0) is 33.0. The lowest BCUT2D eigenvalue weighted by molar-refractivity contribution is 0.617. The summed E-state index contributed by atoms with van der Waals surface area (Å²) in [5.74, 6) is 2.31. The van der Waals surface area contributed by atoms with Crippen LogP contribution in [0, 0.1) is 0 Å². The number of hydrogen-bond acceptors (Lipinski definition) is 6. The highest BCUT2D eigenvalue weighted by Gasteiger charge is 2.20. The lowest BCUT2D eigenvalue weighted by Gasteiger charge is -2.10. The number of rotatable bonds is 5. The van der Waals surface area contributed by atoms with Crippen molar-refractivity contribution in [1.29, 1.82) is 0 Å². The van der Waals surface area contributed by atoms with Crippen molar-refractivity contribution in [3.8, 4) is 56.7 Å². The highest BCUT2D eigenvalue weighted by Crippen LogP contribution is 2.39. The van der Waals surface area contributed by atoms with Crippen LogP contribution in [0.15, 0.2) is 167 Å². The molecule has 0 bridgehead atoms. The third kappa shape index (κ3) is 4.81. The molecule has 0 aliphatic carbocycles. The molecule has 0 radical (unpaired) electrons. The topological polar surface area (TPSA) is 77.8 Å². The van der Waals surface area contributed by atoms with Gasteiger partial charge in [0, 0.05) is 39.1 Å². The molecule has 0 spiro atoms. The summed E-state index contributed by atoms with van der Waals surface area (Å²) in [5, 5.41) is 4.11. The lowest BCUT2D eigenvalue weighted by atomic mass is 10.0. The Bertz CT molecular complexity index is 2860. The molecule has 7 aromatic carbocycles. The third-order valence-corrected chi connectivity index (χ3v) is 9.16. The van der Waals surface area contributed by atoms with Crippen molar-refractivity contribution in [3.05, 3.63) is 158 Å². The van der Waals surface area contributed by atoms with E-state index in [0.717, 1.165) is 66.0 Å². The number of hydrogen-bond donors (Lipinski definition) is 0. The van der Waals surface area contributed by atoms with Gasteiger partial charge in [0.05, 0.1) is 0 Å². The normalized spacial score (nSPS) is 11.6. The molecule has 0 saturated heterocycles. The molecule has 0 amide bonds. The Morgan fingerprint density at radius 3 is 1.80 bits per heavy atom. The SMILES string of the molecule is c1ccc(-c2ccc(-c3nc(-c4ccc5ccccc5c4)nc(-c4cccc5oc6cc7oc(-c8ccccc8)nc7cc6c45)n3)cc2)cc1. The predicted octanol–water partition coefficient (Wildman–Crippen LogP) is 11.4. The number of furan rings is 1. The minimum Gasteiger partial charge on any atom is -0.456 e. The van der Waals surface area contributed by atoms with E-state index in [2.05, 4.69) is 66.7 Å². The molecule has 0 unspecified atom stereocenters. The van der Waals surface area contributed by atoms with E-state index in [1.54, 1.807) is 0 Å². The van der Waals surface area contributed by atoms with Gasteiger partial charge >= 0.3 is 0 Å². The second-order valence-electron chi connectivity index (χ2n) is 12.3. The molecule has 10 aromatic rings. The Hall–Kier alpha value is -6.92. The van der Waals surface area contributed by atoms with E-state index in [9.17, 15) is 0 Å². The number of aromatic nitrogens is 4. The summed E-state index contributed by atoms with van der Waals surface area (Å²) in [7, 11) is 0. The van der Waals surface area contributed by atoms with Crippen molar-refractivity contribution >= 4 is 43.8 Å². The van der Waals surface area contributed by atoms with Crippen LogP contribution in [0.4, 0.5) is 0 Å². The standard InChI is InChI=1S/C44H26N4O2/c1-3-10-27(11-4-1)29-18-21-30(22-19-29)41-46-42(33-23-20-28-12-7-8-15-32(28)24-33)48-43(47-41)34-16-9-17-37-40(34)35-25-36-39(26-38(35)49-37)50-44(45-36)31-13-5-2-6-14-31/h1-26H. The highest BCUT2D eigenvalue weighted by atomic mass is 16.4. The van der Waals surface area contributed by atoms with E-state index in [1.807, 2.05) is 91.0 Å². The fraction of sp³-hybridized carbons (Fsp3) is 0. The molecule has 50 heavy (non-hydrogen) atoms. The molecule has 0 N–H and O–H groups in total. The van der Waals surface area contributed by atoms with Crippen LogP contribution in [0.5, 0.6) is 0 Å². The first-order valence-corrected chi connectivity index (χ1v) is 16.5. The quantitative estimate of drug-likeness (QED) is 0.186. The van der Waals surface area contributed by atoms with Crippen molar-refractivity contribution in [2.45, 2.75) is 0 Å². The first kappa shape index (κ1) is 28.1. The molecule has 0 aliphatic rings. The van der Waals surface area contributed by atoms with Gasteiger partial charge in [-0.05, 0) is 52.2 Å². The average Bonchev–Trinajstić information content (AvgIpc) is 3.78. The minimum absolute atomic E-state index is 0.559. The van der Waals surface area contributed by atoms with Crippen molar-refractivity contribution in [2.24, 2.45) is 0 Å². The maximum absolute atomic E-state index is 6.41. The molecule has 3 aromatic heterocycles. The van der Waals surface area contributed by atoms with Gasteiger partial charge in [-0.15, -0.1) is 0 Å². The monoisotopic (exact) mass is 642 g/mol. The smallest absolute Gasteiger partial charge is 0.227 e. The molecule has 3 heterocycles. The molecule has 10 rings (SSSR count). The Balaban J connectivity index is 1.16. The van der Waals surface area contributed by atoms with Crippen LogP contribution < -0.4 is 0 Å². The van der Waals surface area contributed by atoms with Crippen LogP contribution >= 0.6 is 0 Å². The van der Waals surface area contributed by atoms with Gasteiger partial charge in [0.15, 0.2) is 23.1 Å². The molecule has 234 valence electrons. The van der Waals surface area contributed by atoms with Gasteiger partial charge in [-0.3, -0.25) is 0 Å². The van der Waals surface area contributed by atoms with Gasteiger partial charge in [-0.2, -0.15) is 0 Å². The van der Waals surface area contributed by atoms with E-state index in [0.29, 0.717) is 34.5 Å². The molecule has 0 aliphatic heterocycles. The van der Waals surface area contributed by atoms with E-state index < -0.39 is 0 Å². The average molecular weight is 643 g/mol. The minimum atomic E-state index is 0.559. The number of fused-ring (bicyclic) bond motifs is 5. The van der Waals surface area contributed by atoms with Crippen LogP contribution in [0.2, 0.25) is 0 Å². The van der Waals surface area contributed by atoms with Gasteiger partial charge in [0.2, 0.25) is 5.89 Å². The predicted molar refractivity (Wildman–Crippen MR) is 199 cm³/mol. The van der Waals surface area contributed by atoms with Crippen LogP contribution in [-0.4, -0.2) is 19.9 Å². The lowest BCUT2D eigenvalue weighted by Crippen LogP contribution is -2.00. The summed E-state index contributed by atoms with van der Waals surface area (Å²) in [5.41, 5.74) is 8.71. The molecule has 0 atom stereocenters. The summed E-state index contributed by atoms with van der Waals surface area (Å²) in [6.45, 7) is 0. The zero-order valence-corrected chi connectivity index (χ0v) is 26.6. The van der Waals surface area contributed by atoms with Gasteiger partial charge in [0.25, 0.3) is 0 Å². The molecule has 0 fully saturated rings. The van der Waals surface area contributed by atoms with Crippen LogP contribution in [0.3, 0.4) is 0 Å². The fourth-order valence-corrected chi connectivity index (χ4v) is 6.66. The van der Waals surface area contributed by atoms with E-state index in [-0.39, 0.29) is 0 Å². The molecule has 6 heteroatoms. The number of oxazole rings is 1. The maximum Gasteiger partial charge on any atom is 0.227 e. The fourth-order valence-electron chi connectivity index (χ4n) is 6.66. The van der Waals surface area contributed by atoms with Crippen molar-refractivity contribution < 1.29 is 8.83 Å². The zero-order valence-electron chi connectivity index (χ0n) is 26.6. The van der Waals surface area contributed by atoms with E-state index in [1.165, 1.54) is 0 Å². The Morgan fingerprint density at radius 1 is 0.360 bits per heavy atom. The van der Waals surface area contributed by atoms with Gasteiger partial charge in [0.1, 0.15) is 16.7 Å². The maximum atomic E-state index is 6.41. The van der Waals surface area contributed by atoms with Crippen molar-refractivity contribution in [2.75, 3.05) is 0 Å². The summed E-state index contributed by atoms with van der Waals surface area (Å²) < 4.78 is 12.6. The summed E-state index contributed by atoms with van der Waals surface area (Å²) in [6, 6.07) is 53.2. The van der Waals surface area contributed by atoms with Gasteiger partial charge in [-0.1, -0.05) is 121 Å². The number of benzene rings is 7. The summed E-state index contributed by atoms with van der Waals surface area (Å²) in [4.78, 5) is 20.1. The van der Waals surface area contributed by atoms with Crippen molar-refractivity contribution in [1.82, 2.24) is 19.9 Å². The molecule has 6 nitrogen and oxygen atoms in total. The molecule has 0 saturated carbocycles. The highest BCUT2D eigenvalue weighted by molar-refractivity contribution is 6.14. The third-order valence-electron chi connectivity index (χ3n) is 9.16. The molecular formula is C44H26N4O2. The molecular weight excluding hydrogens is 617 g/mol. The number of nitrogens with zero attached hydrogens (tertiary/aromatic N) is 4. The largest absolute Gasteiger partial charge is 0.456 e. The summed E-state index contributed by atoms with van der Waals surface area (Å²) in [6.07, 6.45) is 0. The second-order valence-corrected chi connectivity index (χ2v) is 12.3. The Labute approximate surface area is 286 Å². The van der Waals surface area contributed by atoms with Crippen LogP contribution in [0.1, 0.15) is 0 Å². The first-order chi connectivity index (χ1) is 24.7. The second kappa shape index (κ2) is 11.4. The van der Waals surface area contributed by atoms with Crippen molar-refractivity contribution in [3.63, 3.8) is 0 Å². The van der Waals surface area contributed by atoms with Crippen LogP contribution in [0.25, 0.3) is 101 Å². The van der Waals surface area contributed by atoms with E-state index >= 15 is 0 Å². The van der Waals surface area contributed by atoms with E-state index in [4.69, 9.17) is 28.8 Å². The van der Waals surface area contributed by atoms with Gasteiger partial charge < -0.3 is 8.83 Å². The Morgan fingerprint density at radius 2 is 1.00 bits per heavy atom. The Kier molecular flexibility index (Phi) is 6.39. The van der Waals surface area contributed by atoms with Gasteiger partial charge in [-0.25, -0.2) is 19.9 Å².